The van der Waals surface area contributed by atoms with Crippen LogP contribution >= 0.6 is 0 Å². The first-order valence-corrected chi connectivity index (χ1v) is 6.90. The maximum Gasteiger partial charge on any atom is 0.240 e. The van der Waals surface area contributed by atoms with Gasteiger partial charge in [0.25, 0.3) is 0 Å². The molecule has 1 saturated heterocycles. The summed E-state index contributed by atoms with van der Waals surface area (Å²) in [6.07, 6.45) is 2.32. The van der Waals surface area contributed by atoms with Crippen molar-refractivity contribution in [2.24, 2.45) is 17.1 Å². The van der Waals surface area contributed by atoms with Gasteiger partial charge in [-0.3, -0.25) is 4.79 Å². The lowest BCUT2D eigenvalue weighted by Gasteiger charge is -2.34. The fourth-order valence-electron chi connectivity index (χ4n) is 2.64. The fraction of sp³-hybridized carbons (Fsp3) is 0.929. The number of carbonyl (C=O) groups is 1. The molecular weight excluding hydrogens is 228 g/mol. The van der Waals surface area contributed by atoms with E-state index in [1.165, 1.54) is 0 Å². The molecule has 18 heavy (non-hydrogen) atoms. The first kappa shape index (κ1) is 15.4. The molecular formula is C14H28N2O2. The van der Waals surface area contributed by atoms with Gasteiger partial charge in [-0.2, -0.15) is 0 Å². The van der Waals surface area contributed by atoms with E-state index < -0.39 is 5.54 Å². The van der Waals surface area contributed by atoms with Crippen LogP contribution in [0.25, 0.3) is 0 Å². The molecule has 1 aliphatic rings. The van der Waals surface area contributed by atoms with Gasteiger partial charge in [-0.15, -0.1) is 0 Å². The Hall–Kier alpha value is -0.610. The van der Waals surface area contributed by atoms with Crippen LogP contribution < -0.4 is 11.1 Å². The average Bonchev–Trinajstić information content (AvgIpc) is 2.25. The van der Waals surface area contributed by atoms with Crippen molar-refractivity contribution in [2.45, 2.75) is 52.5 Å². The third kappa shape index (κ3) is 4.58. The van der Waals surface area contributed by atoms with Crippen molar-refractivity contribution < 1.29 is 9.53 Å². The highest BCUT2D eigenvalue weighted by Gasteiger charge is 2.36. The molecule has 0 spiro atoms. The van der Waals surface area contributed by atoms with E-state index in [0.717, 1.165) is 6.42 Å². The van der Waals surface area contributed by atoms with Gasteiger partial charge in [0.05, 0.1) is 5.54 Å². The second-order valence-electron chi connectivity index (χ2n) is 6.71. The van der Waals surface area contributed by atoms with Crippen molar-refractivity contribution >= 4 is 5.91 Å². The summed E-state index contributed by atoms with van der Waals surface area (Å²) in [6, 6.07) is 0. The zero-order valence-electron chi connectivity index (χ0n) is 12.2. The molecule has 1 aliphatic heterocycles. The van der Waals surface area contributed by atoms with E-state index in [1.807, 2.05) is 0 Å². The van der Waals surface area contributed by atoms with Gasteiger partial charge in [0.15, 0.2) is 0 Å². The molecule has 0 radical (unpaired) electrons. The quantitative estimate of drug-likeness (QED) is 0.786. The molecule has 3 N–H and O–H groups in total. The third-order valence-electron chi connectivity index (χ3n) is 3.53. The molecule has 0 aromatic rings. The smallest absolute Gasteiger partial charge is 0.240 e. The van der Waals surface area contributed by atoms with Crippen LogP contribution in [0.3, 0.4) is 0 Å². The van der Waals surface area contributed by atoms with Crippen LogP contribution in [0.1, 0.15) is 47.0 Å². The second-order valence-corrected chi connectivity index (χ2v) is 6.71. The molecule has 0 bridgehead atoms. The summed E-state index contributed by atoms with van der Waals surface area (Å²) < 4.78 is 5.25. The van der Waals surface area contributed by atoms with E-state index >= 15 is 0 Å². The molecule has 1 amide bonds. The van der Waals surface area contributed by atoms with Gasteiger partial charge in [0.1, 0.15) is 0 Å². The predicted octanol–water partition coefficient (Wildman–Crippen LogP) is 1.68. The number of nitrogens with two attached hydrogens (primary N) is 1. The number of rotatable bonds is 5. The van der Waals surface area contributed by atoms with Crippen LogP contribution in [0.5, 0.6) is 0 Å². The number of carbonyl (C=O) groups excluding carboxylic acids is 1. The Bertz CT molecular complexity index is 282. The molecule has 4 heteroatoms. The summed E-state index contributed by atoms with van der Waals surface area (Å²) in [5.74, 6) is 0.606. The van der Waals surface area contributed by atoms with Crippen LogP contribution in [0.2, 0.25) is 0 Å². The van der Waals surface area contributed by atoms with Gasteiger partial charge in [-0.05, 0) is 30.6 Å². The van der Waals surface area contributed by atoms with Crippen molar-refractivity contribution in [1.82, 2.24) is 5.32 Å². The highest BCUT2D eigenvalue weighted by atomic mass is 16.5. The van der Waals surface area contributed by atoms with Gasteiger partial charge in [-0.25, -0.2) is 0 Å². The van der Waals surface area contributed by atoms with E-state index in [0.29, 0.717) is 38.5 Å². The van der Waals surface area contributed by atoms with Gasteiger partial charge in [-0.1, -0.05) is 27.7 Å². The minimum atomic E-state index is -0.730. The lowest BCUT2D eigenvalue weighted by molar-refractivity contribution is -0.130. The molecule has 0 atom stereocenters. The predicted molar refractivity (Wildman–Crippen MR) is 73.2 cm³/mol. The number of hydrogen-bond acceptors (Lipinski definition) is 3. The SMILES string of the molecule is CC(C)CC(C)(C)CNC(=O)C1(N)CCOCC1. The normalized spacial score (nSPS) is 19.9. The molecule has 0 saturated carbocycles. The number of nitrogens with one attached hydrogen (secondary N) is 1. The van der Waals surface area contributed by atoms with Gasteiger partial charge < -0.3 is 15.8 Å². The highest BCUT2D eigenvalue weighted by Crippen LogP contribution is 2.25. The van der Waals surface area contributed by atoms with E-state index in [9.17, 15) is 4.79 Å². The largest absolute Gasteiger partial charge is 0.381 e. The van der Waals surface area contributed by atoms with Gasteiger partial charge in [0.2, 0.25) is 5.91 Å². The molecule has 0 aromatic heterocycles. The Kier molecular flexibility index (Phi) is 5.17. The summed E-state index contributed by atoms with van der Waals surface area (Å²) in [7, 11) is 0. The van der Waals surface area contributed by atoms with E-state index in [4.69, 9.17) is 10.5 Å². The summed E-state index contributed by atoms with van der Waals surface area (Å²) in [5.41, 5.74) is 5.53. The van der Waals surface area contributed by atoms with Crippen LogP contribution in [0.15, 0.2) is 0 Å². The lowest BCUT2D eigenvalue weighted by Crippen LogP contribution is -2.57. The molecule has 0 unspecified atom stereocenters. The fourth-order valence-corrected chi connectivity index (χ4v) is 2.64. The van der Waals surface area contributed by atoms with Crippen LogP contribution in [0, 0.1) is 11.3 Å². The average molecular weight is 256 g/mol. The molecule has 1 rings (SSSR count). The Balaban J connectivity index is 2.45. The van der Waals surface area contributed by atoms with E-state index in [1.54, 1.807) is 0 Å². The summed E-state index contributed by atoms with van der Waals surface area (Å²) >= 11 is 0. The number of hydrogen-bond donors (Lipinski definition) is 2. The standard InChI is InChI=1S/C14H28N2O2/c1-11(2)9-13(3,4)10-16-12(17)14(15)5-7-18-8-6-14/h11H,5-10,15H2,1-4H3,(H,16,17). The maximum absolute atomic E-state index is 12.2. The Morgan fingerprint density at radius 2 is 1.94 bits per heavy atom. The molecule has 0 aliphatic carbocycles. The Labute approximate surface area is 111 Å². The zero-order chi connectivity index (χ0) is 13.8. The van der Waals surface area contributed by atoms with E-state index in [-0.39, 0.29) is 11.3 Å². The van der Waals surface area contributed by atoms with Crippen molar-refractivity contribution in [3.05, 3.63) is 0 Å². The van der Waals surface area contributed by atoms with Gasteiger partial charge in [0, 0.05) is 19.8 Å². The maximum atomic E-state index is 12.2. The summed E-state index contributed by atoms with van der Waals surface area (Å²) in [4.78, 5) is 12.2. The highest BCUT2D eigenvalue weighted by molar-refractivity contribution is 5.86. The van der Waals surface area contributed by atoms with E-state index in [2.05, 4.69) is 33.0 Å². The topological polar surface area (TPSA) is 64.4 Å². The molecule has 1 fully saturated rings. The van der Waals surface area contributed by atoms with Crippen molar-refractivity contribution in [2.75, 3.05) is 19.8 Å². The molecule has 106 valence electrons. The second kappa shape index (κ2) is 6.02. The minimum Gasteiger partial charge on any atom is -0.381 e. The lowest BCUT2D eigenvalue weighted by atomic mass is 9.83. The molecule has 4 nitrogen and oxygen atoms in total. The van der Waals surface area contributed by atoms with Crippen molar-refractivity contribution in [3.8, 4) is 0 Å². The third-order valence-corrected chi connectivity index (χ3v) is 3.53. The van der Waals surface area contributed by atoms with Crippen molar-refractivity contribution in [3.63, 3.8) is 0 Å². The molecule has 1 heterocycles. The summed E-state index contributed by atoms with van der Waals surface area (Å²) in [6.45, 7) is 10.6. The monoisotopic (exact) mass is 256 g/mol. The first-order valence-electron chi connectivity index (χ1n) is 6.90. The number of amides is 1. The first-order chi connectivity index (χ1) is 8.25. The minimum absolute atomic E-state index is 0.0253. The molecule has 0 aromatic carbocycles. The Morgan fingerprint density at radius 1 is 1.39 bits per heavy atom. The summed E-state index contributed by atoms with van der Waals surface area (Å²) in [5, 5.41) is 3.02. The van der Waals surface area contributed by atoms with Crippen LogP contribution in [-0.2, 0) is 9.53 Å². The van der Waals surface area contributed by atoms with Gasteiger partial charge >= 0.3 is 0 Å². The zero-order valence-corrected chi connectivity index (χ0v) is 12.2. The Morgan fingerprint density at radius 3 is 2.44 bits per heavy atom. The van der Waals surface area contributed by atoms with Crippen LogP contribution in [-0.4, -0.2) is 31.2 Å². The number of ether oxygens (including phenoxy) is 1. The van der Waals surface area contributed by atoms with Crippen LogP contribution in [0.4, 0.5) is 0 Å². The van der Waals surface area contributed by atoms with Crippen molar-refractivity contribution in [1.29, 1.82) is 0 Å².